The van der Waals surface area contributed by atoms with E-state index in [1.165, 1.54) is 38.4 Å². The molecule has 0 radical (unpaired) electrons. The first-order valence-electron chi connectivity index (χ1n) is 27.4. The van der Waals surface area contributed by atoms with Crippen LogP contribution >= 0.6 is 0 Å². The third-order valence-electron chi connectivity index (χ3n) is 15.5. The molecule has 0 aliphatic carbocycles. The molecule has 0 amide bonds. The van der Waals surface area contributed by atoms with Gasteiger partial charge in [0.15, 0.2) is 0 Å². The number of hydrogen-bond donors (Lipinski definition) is 0. The average molecular weight is 1160 g/mol. The van der Waals surface area contributed by atoms with Crippen molar-refractivity contribution in [2.24, 2.45) is 0 Å². The van der Waals surface area contributed by atoms with Gasteiger partial charge in [0, 0.05) is 37.4 Å². The number of ether oxygens (including phenoxy) is 1. The number of imidazole rings is 1. The summed E-state index contributed by atoms with van der Waals surface area (Å²) in [6, 6.07) is 58.1. The van der Waals surface area contributed by atoms with Crippen LogP contribution in [0, 0.1) is 17.6 Å². The molecule has 8 aromatic carbocycles. The number of hydrogen-bond acceptors (Lipinski definition) is 2. The minimum absolute atomic E-state index is 0.0420. The molecule has 5 aromatic heterocycles. The number of aromatic nitrogens is 5. The van der Waals surface area contributed by atoms with Crippen molar-refractivity contribution in [2.75, 3.05) is 0 Å². The smallest absolute Gasteiger partial charge is 0.0579 e. The Morgan fingerprint density at radius 3 is 1.75 bits per heavy atom. The van der Waals surface area contributed by atoms with Gasteiger partial charge in [-0.1, -0.05) is 81.4 Å². The van der Waals surface area contributed by atoms with Crippen LogP contribution in [-0.2, 0) is 35.6 Å². The van der Waals surface area contributed by atoms with Crippen LogP contribution < -0.4 is 4.74 Å². The molecule has 75 heavy (non-hydrogen) atoms. The van der Waals surface area contributed by atoms with Crippen LogP contribution in [0.1, 0.15) is 94.2 Å². The van der Waals surface area contributed by atoms with Crippen molar-refractivity contribution < 1.29 is 28.2 Å². The van der Waals surface area contributed by atoms with Crippen LogP contribution in [0.15, 0.2) is 170 Å². The molecule has 0 bridgehead atoms. The summed E-state index contributed by atoms with van der Waals surface area (Å²) < 4.78 is 44.1. The number of nitrogens with zero attached hydrogens (tertiary/aromatic N) is 5. The molecule has 0 saturated heterocycles. The molecule has 6 nitrogen and oxygen atoms in total. The molecule has 0 aliphatic rings. The van der Waals surface area contributed by atoms with Crippen molar-refractivity contribution in [1.82, 2.24) is 23.1 Å². The molecule has 13 rings (SSSR count). The maximum absolute atomic E-state index is 8.94. The third kappa shape index (κ3) is 7.54. The Kier molecular flexibility index (Phi) is 9.78. The zero-order valence-electron chi connectivity index (χ0n) is 47.1. The molecular weight excluding hydrogens is 1100 g/mol. The summed E-state index contributed by atoms with van der Waals surface area (Å²) in [6.07, 6.45) is 1.74. The van der Waals surface area contributed by atoms with Gasteiger partial charge in [-0.05, 0) is 35.0 Å². The van der Waals surface area contributed by atoms with E-state index in [-0.39, 0.29) is 21.8 Å². The second-order valence-corrected chi connectivity index (χ2v) is 24.6. The molecule has 0 fully saturated rings. The monoisotopic (exact) mass is 1160 g/mol. The van der Waals surface area contributed by atoms with Crippen LogP contribution in [-0.4, -0.2) is 23.1 Å². The van der Waals surface area contributed by atoms with Gasteiger partial charge in [-0.15, -0.1) is 0 Å². The third-order valence-corrected chi connectivity index (χ3v) is 16.5. The fourth-order valence-electron chi connectivity index (χ4n) is 11.3. The molecule has 0 saturated carbocycles. The quantitative estimate of drug-likeness (QED) is 0.166. The Bertz CT molecular complexity index is 4630. The van der Waals surface area contributed by atoms with Crippen molar-refractivity contribution >= 4 is 70.9 Å². The van der Waals surface area contributed by atoms with Gasteiger partial charge in [0.1, 0.15) is 0 Å². The van der Waals surface area contributed by atoms with Crippen LogP contribution in [0.5, 0.6) is 11.5 Å². The maximum atomic E-state index is 8.94. The van der Waals surface area contributed by atoms with E-state index in [4.69, 9.17) is 13.8 Å². The molecular formula is C68H61N5OPt. The summed E-state index contributed by atoms with van der Waals surface area (Å²) in [5.41, 5.74) is 15.7. The number of aryl methyl sites for hydroxylation is 2. The molecule has 0 aliphatic heterocycles. The zero-order valence-corrected chi connectivity index (χ0v) is 46.4. The minimum Gasteiger partial charge on any atom is -0.0579 e. The van der Waals surface area contributed by atoms with Crippen molar-refractivity contribution in [3.05, 3.63) is 202 Å². The summed E-state index contributed by atoms with van der Waals surface area (Å²) in [7, 11) is 0. The van der Waals surface area contributed by atoms with Gasteiger partial charge in [-0.2, -0.15) is 0 Å². The summed E-state index contributed by atoms with van der Waals surface area (Å²) in [5.74, 6) is 1.88. The molecule has 13 aromatic rings. The van der Waals surface area contributed by atoms with Gasteiger partial charge in [-0.3, -0.25) is 0 Å². The standard InChI is InChI=1S/C68H61N5O.Pt/c1-41-23-28-47(70-40-71(59-22-15-14-21-58(59)70)48-33-45(67(6,7)8)32-46(34-48)68(9,10)11)35-63(41)74-49-29-30-51-54-37-55-53-19-16-18-52-50-17-12-13-20-57(50)73(65(52)53)62(55)38-61(54)72(60(51)36-49)64-31-42(2)56(39-69-64)43-24-26-44(27-25-43)66(3,4)5;/h12-39H,1-11H3;/i2D3;. The van der Waals surface area contributed by atoms with Crippen molar-refractivity contribution in [3.8, 4) is 39.8 Å². The van der Waals surface area contributed by atoms with Crippen molar-refractivity contribution in [3.63, 3.8) is 0 Å². The first-order valence-corrected chi connectivity index (χ1v) is 27.1. The fraction of sp³-hybridized carbons (Fsp3) is 0.206. The van der Waals surface area contributed by atoms with E-state index in [2.05, 4.69) is 246 Å². The Hall–Kier alpha value is -7.53. The van der Waals surface area contributed by atoms with E-state index in [1.54, 1.807) is 12.3 Å². The first kappa shape index (κ1) is 43.8. The molecule has 0 spiro atoms. The predicted octanol–water partition coefficient (Wildman–Crippen LogP) is 18.1. The van der Waals surface area contributed by atoms with Crippen LogP contribution in [0.3, 0.4) is 0 Å². The second-order valence-electron chi connectivity index (χ2n) is 23.6. The predicted molar refractivity (Wildman–Crippen MR) is 310 cm³/mol. The van der Waals surface area contributed by atoms with E-state index in [0.717, 1.165) is 81.3 Å². The Morgan fingerprint density at radius 2 is 1.07 bits per heavy atom. The molecule has 7 heteroatoms. The van der Waals surface area contributed by atoms with Crippen LogP contribution in [0.2, 0.25) is 0 Å². The first-order chi connectivity index (χ1) is 37.0. The van der Waals surface area contributed by atoms with Crippen molar-refractivity contribution in [2.45, 2.75) is 92.3 Å². The summed E-state index contributed by atoms with van der Waals surface area (Å²) >= 11 is 2.49. The fourth-order valence-corrected chi connectivity index (χ4v) is 12.5. The second kappa shape index (κ2) is 16.7. The van der Waals surface area contributed by atoms with Gasteiger partial charge in [0.25, 0.3) is 0 Å². The van der Waals surface area contributed by atoms with Gasteiger partial charge in [0.2, 0.25) is 0 Å². The number of para-hydroxylation sites is 4. The van der Waals surface area contributed by atoms with E-state index in [1.807, 2.05) is 18.2 Å². The van der Waals surface area contributed by atoms with E-state index in [9.17, 15) is 0 Å². The van der Waals surface area contributed by atoms with Gasteiger partial charge in [-0.25, -0.2) is 0 Å². The Morgan fingerprint density at radius 1 is 0.467 bits per heavy atom. The van der Waals surface area contributed by atoms with Crippen LogP contribution in [0.4, 0.5) is 0 Å². The average Bonchev–Trinajstić information content (AvgIpc) is 4.15. The summed E-state index contributed by atoms with van der Waals surface area (Å²) in [6.45, 7) is 19.9. The Balaban J connectivity index is 0.994. The van der Waals surface area contributed by atoms with Gasteiger partial charge >= 0.3 is 281 Å². The number of pyridine rings is 1. The van der Waals surface area contributed by atoms with Gasteiger partial charge in [0.05, 0.1) is 16.6 Å². The summed E-state index contributed by atoms with van der Waals surface area (Å²) in [4.78, 5) is 5.18. The number of fused-ring (bicyclic) bond motifs is 10. The molecule has 0 unspecified atom stereocenters. The topological polar surface area (TPSA) is 41.3 Å². The van der Waals surface area contributed by atoms with Gasteiger partial charge < -0.3 is 4.40 Å². The molecule has 0 N–H and O–H groups in total. The number of rotatable bonds is 6. The van der Waals surface area contributed by atoms with Crippen LogP contribution in [0.25, 0.3) is 99.3 Å². The SMILES string of the molecule is [2H]C([2H])([2H])c1cc(-n2c3cc(Oc4cc(-n5[c](=[Pt])n(-c6cc(C(C)(C)C)cc(C(C)(C)C)c6)c6ccccc65)ccc4C)ccc3c3cc4c5cccc6c7ccccc7n(c4cc32)c65)ncc1-c1ccc(C(C)(C)C)cc1. The Labute approximate surface area is 453 Å². The summed E-state index contributed by atoms with van der Waals surface area (Å²) in [5, 5.41) is 6.79. The zero-order chi connectivity index (χ0) is 54.5. The normalized spacial score (nSPS) is 13.6. The van der Waals surface area contributed by atoms with E-state index in [0.29, 0.717) is 17.1 Å². The molecule has 5 heterocycles. The van der Waals surface area contributed by atoms with E-state index < -0.39 is 6.85 Å². The van der Waals surface area contributed by atoms with E-state index >= 15 is 0 Å². The minimum atomic E-state index is -2.43. The number of benzene rings is 8. The van der Waals surface area contributed by atoms with Crippen molar-refractivity contribution in [1.29, 1.82) is 0 Å². The molecule has 374 valence electrons. The molecule has 0 atom stereocenters.